The molecule has 0 aromatic heterocycles. The summed E-state index contributed by atoms with van der Waals surface area (Å²) >= 11 is 0. The van der Waals surface area contributed by atoms with Crippen LogP contribution in [0.2, 0.25) is 0 Å². The molecule has 20 heavy (non-hydrogen) atoms. The van der Waals surface area contributed by atoms with Crippen LogP contribution in [0.15, 0.2) is 0 Å². The molecule has 1 heterocycles. The molecule has 1 saturated carbocycles. The Labute approximate surface area is 121 Å². The smallest absolute Gasteiger partial charge is 0.242 e. The quantitative estimate of drug-likeness (QED) is 0.804. The van der Waals surface area contributed by atoms with Crippen molar-refractivity contribution in [1.29, 1.82) is 0 Å². The predicted molar refractivity (Wildman–Crippen MR) is 78.2 cm³/mol. The van der Waals surface area contributed by atoms with Crippen molar-refractivity contribution in [3.05, 3.63) is 0 Å². The van der Waals surface area contributed by atoms with Crippen molar-refractivity contribution in [2.45, 2.75) is 51.5 Å². The molecule has 1 aliphatic heterocycles. The van der Waals surface area contributed by atoms with E-state index in [9.17, 15) is 9.59 Å². The van der Waals surface area contributed by atoms with Gasteiger partial charge in [0, 0.05) is 32.1 Å². The summed E-state index contributed by atoms with van der Waals surface area (Å²) in [4.78, 5) is 25.8. The summed E-state index contributed by atoms with van der Waals surface area (Å²) in [5, 5.41) is 6.05. The highest BCUT2D eigenvalue weighted by Crippen LogP contribution is 2.25. The minimum Gasteiger partial charge on any atom is -0.347 e. The number of hydrogen-bond acceptors (Lipinski definition) is 3. The Hall–Kier alpha value is -1.10. The summed E-state index contributed by atoms with van der Waals surface area (Å²) < 4.78 is 0. The van der Waals surface area contributed by atoms with E-state index < -0.39 is 0 Å². The summed E-state index contributed by atoms with van der Waals surface area (Å²) in [6.45, 7) is 4.59. The van der Waals surface area contributed by atoms with Gasteiger partial charge in [-0.1, -0.05) is 19.3 Å². The molecule has 2 rings (SSSR count). The van der Waals surface area contributed by atoms with Gasteiger partial charge in [0.2, 0.25) is 11.8 Å². The maximum atomic E-state index is 12.1. The summed E-state index contributed by atoms with van der Waals surface area (Å²) in [6.07, 6.45) is 6.71. The van der Waals surface area contributed by atoms with Crippen molar-refractivity contribution in [1.82, 2.24) is 15.5 Å². The van der Waals surface area contributed by atoms with E-state index >= 15 is 0 Å². The zero-order chi connectivity index (χ0) is 14.4. The first-order valence-corrected chi connectivity index (χ1v) is 7.93. The first kappa shape index (κ1) is 15.3. The van der Waals surface area contributed by atoms with Crippen molar-refractivity contribution >= 4 is 11.8 Å². The zero-order valence-corrected chi connectivity index (χ0v) is 12.5. The molecule has 0 bridgehead atoms. The van der Waals surface area contributed by atoms with E-state index in [4.69, 9.17) is 0 Å². The summed E-state index contributed by atoms with van der Waals surface area (Å²) in [5.74, 6) is 0.598. The summed E-state index contributed by atoms with van der Waals surface area (Å²) in [7, 11) is 0. The van der Waals surface area contributed by atoms with E-state index in [0.29, 0.717) is 12.3 Å². The number of hydrogen-bond donors (Lipinski definition) is 2. The number of amides is 2. The second kappa shape index (κ2) is 7.62. The molecule has 0 aromatic rings. The van der Waals surface area contributed by atoms with E-state index in [-0.39, 0.29) is 24.4 Å². The fourth-order valence-electron chi connectivity index (χ4n) is 3.21. The van der Waals surface area contributed by atoms with Crippen LogP contribution in [-0.4, -0.2) is 48.9 Å². The number of rotatable bonds is 4. The van der Waals surface area contributed by atoms with E-state index in [2.05, 4.69) is 10.6 Å². The van der Waals surface area contributed by atoms with Gasteiger partial charge in [0.1, 0.15) is 0 Å². The molecule has 5 heteroatoms. The van der Waals surface area contributed by atoms with Gasteiger partial charge >= 0.3 is 0 Å². The summed E-state index contributed by atoms with van der Waals surface area (Å²) in [6, 6.07) is 0.214. The standard InChI is InChI=1S/C15H27N3O2/c1-12-10-16-7-8-18(12)15(20)11-17-14(19)9-13-5-3-2-4-6-13/h12-13,16H,2-11H2,1H3,(H,17,19)/t12-/m0/s1. The van der Waals surface area contributed by atoms with Crippen LogP contribution in [0.3, 0.4) is 0 Å². The molecule has 2 fully saturated rings. The van der Waals surface area contributed by atoms with Crippen LogP contribution in [0, 0.1) is 5.92 Å². The molecule has 0 unspecified atom stereocenters. The SMILES string of the molecule is C[C@H]1CNCCN1C(=O)CNC(=O)CC1CCCCC1. The van der Waals surface area contributed by atoms with Crippen LogP contribution in [0.25, 0.3) is 0 Å². The lowest BCUT2D eigenvalue weighted by atomic mass is 9.87. The molecular weight excluding hydrogens is 254 g/mol. The van der Waals surface area contributed by atoms with E-state index in [1.807, 2.05) is 11.8 Å². The van der Waals surface area contributed by atoms with Gasteiger partial charge in [0.25, 0.3) is 0 Å². The second-order valence-corrected chi connectivity index (χ2v) is 6.13. The molecule has 2 N–H and O–H groups in total. The van der Waals surface area contributed by atoms with Gasteiger partial charge in [-0.2, -0.15) is 0 Å². The number of nitrogens with one attached hydrogen (secondary N) is 2. The van der Waals surface area contributed by atoms with Crippen LogP contribution in [-0.2, 0) is 9.59 Å². The Bertz CT molecular complexity index is 340. The maximum Gasteiger partial charge on any atom is 0.242 e. The number of carbonyl (C=O) groups is 2. The van der Waals surface area contributed by atoms with Gasteiger partial charge in [-0.15, -0.1) is 0 Å². The van der Waals surface area contributed by atoms with Crippen LogP contribution in [0.4, 0.5) is 0 Å². The topological polar surface area (TPSA) is 61.4 Å². The van der Waals surface area contributed by atoms with Crippen molar-refractivity contribution in [3.63, 3.8) is 0 Å². The molecule has 1 saturated heterocycles. The van der Waals surface area contributed by atoms with Crippen LogP contribution < -0.4 is 10.6 Å². The van der Waals surface area contributed by atoms with Gasteiger partial charge in [0.15, 0.2) is 0 Å². The third-order valence-electron chi connectivity index (χ3n) is 4.46. The van der Waals surface area contributed by atoms with Crippen LogP contribution in [0.1, 0.15) is 45.4 Å². The monoisotopic (exact) mass is 281 g/mol. The molecule has 5 nitrogen and oxygen atoms in total. The van der Waals surface area contributed by atoms with Gasteiger partial charge in [0.05, 0.1) is 6.54 Å². The lowest BCUT2D eigenvalue weighted by Crippen LogP contribution is -2.54. The fourth-order valence-corrected chi connectivity index (χ4v) is 3.21. The molecule has 1 atom stereocenters. The van der Waals surface area contributed by atoms with Crippen molar-refractivity contribution in [2.75, 3.05) is 26.2 Å². The Morgan fingerprint density at radius 3 is 2.70 bits per heavy atom. The highest BCUT2D eigenvalue weighted by Gasteiger charge is 2.23. The minimum absolute atomic E-state index is 0.0352. The third-order valence-corrected chi connectivity index (χ3v) is 4.46. The maximum absolute atomic E-state index is 12.1. The first-order chi connectivity index (χ1) is 9.66. The molecule has 2 aliphatic rings. The number of piperazine rings is 1. The Kier molecular flexibility index (Phi) is 5.83. The minimum atomic E-state index is 0.0352. The highest BCUT2D eigenvalue weighted by molar-refractivity contribution is 5.85. The first-order valence-electron chi connectivity index (χ1n) is 7.93. The van der Waals surface area contributed by atoms with E-state index in [1.165, 1.54) is 19.3 Å². The average molecular weight is 281 g/mol. The fraction of sp³-hybridized carbons (Fsp3) is 0.867. The van der Waals surface area contributed by atoms with Gasteiger partial charge in [-0.3, -0.25) is 9.59 Å². The van der Waals surface area contributed by atoms with E-state index in [1.54, 1.807) is 0 Å². The van der Waals surface area contributed by atoms with Gasteiger partial charge in [-0.05, 0) is 25.7 Å². The largest absolute Gasteiger partial charge is 0.347 e. The second-order valence-electron chi connectivity index (χ2n) is 6.13. The molecule has 0 spiro atoms. The molecule has 0 aromatic carbocycles. The lowest BCUT2D eigenvalue weighted by molar-refractivity contribution is -0.135. The van der Waals surface area contributed by atoms with Crippen LogP contribution >= 0.6 is 0 Å². The Morgan fingerprint density at radius 1 is 1.25 bits per heavy atom. The van der Waals surface area contributed by atoms with Gasteiger partial charge in [-0.25, -0.2) is 0 Å². The number of nitrogens with zero attached hydrogens (tertiary/aromatic N) is 1. The highest BCUT2D eigenvalue weighted by atomic mass is 16.2. The van der Waals surface area contributed by atoms with Crippen molar-refractivity contribution in [3.8, 4) is 0 Å². The van der Waals surface area contributed by atoms with Gasteiger partial charge < -0.3 is 15.5 Å². The van der Waals surface area contributed by atoms with E-state index in [0.717, 1.165) is 32.5 Å². The number of carbonyl (C=O) groups excluding carboxylic acids is 2. The zero-order valence-electron chi connectivity index (χ0n) is 12.5. The average Bonchev–Trinajstić information content (AvgIpc) is 2.46. The lowest BCUT2D eigenvalue weighted by Gasteiger charge is -2.34. The molecule has 0 radical (unpaired) electrons. The van der Waals surface area contributed by atoms with Crippen LogP contribution in [0.5, 0.6) is 0 Å². The Balaban J connectivity index is 1.68. The molecule has 114 valence electrons. The Morgan fingerprint density at radius 2 is 2.00 bits per heavy atom. The normalized spacial score (nSPS) is 24.4. The third kappa shape index (κ3) is 4.47. The summed E-state index contributed by atoms with van der Waals surface area (Å²) in [5.41, 5.74) is 0. The van der Waals surface area contributed by atoms with Crippen molar-refractivity contribution < 1.29 is 9.59 Å². The van der Waals surface area contributed by atoms with Crippen molar-refractivity contribution in [2.24, 2.45) is 5.92 Å². The predicted octanol–water partition coefficient (Wildman–Crippen LogP) is 0.893. The molecular formula is C15H27N3O2. The molecule has 2 amide bonds. The molecule has 1 aliphatic carbocycles.